The number of nitrogen functional groups attached to an aromatic ring is 1. The van der Waals surface area contributed by atoms with Crippen LogP contribution in [0.1, 0.15) is 24.7 Å². The van der Waals surface area contributed by atoms with Crippen molar-refractivity contribution in [1.29, 1.82) is 0 Å². The van der Waals surface area contributed by atoms with Crippen LogP contribution >= 0.6 is 11.3 Å². The van der Waals surface area contributed by atoms with Gasteiger partial charge in [-0.3, -0.25) is 0 Å². The molecule has 2 aromatic heterocycles. The van der Waals surface area contributed by atoms with Crippen molar-refractivity contribution in [2.45, 2.75) is 33.7 Å². The van der Waals surface area contributed by atoms with Crippen LogP contribution in [0.2, 0.25) is 0 Å². The van der Waals surface area contributed by atoms with E-state index in [1.807, 2.05) is 5.38 Å². The third-order valence-electron chi connectivity index (χ3n) is 2.82. The van der Waals surface area contributed by atoms with Gasteiger partial charge in [0.05, 0.1) is 5.69 Å². The van der Waals surface area contributed by atoms with Crippen LogP contribution in [0.15, 0.2) is 11.4 Å². The Labute approximate surface area is 112 Å². The highest BCUT2D eigenvalue weighted by Gasteiger charge is 2.12. The van der Waals surface area contributed by atoms with Gasteiger partial charge in [-0.1, -0.05) is 6.92 Å². The zero-order valence-electron chi connectivity index (χ0n) is 10.3. The topological polar surface area (TPSA) is 43.8 Å². The summed E-state index contributed by atoms with van der Waals surface area (Å²) in [6, 6.07) is 2.19. The number of aromatic nitrogens is 2. The lowest BCUT2D eigenvalue weighted by atomic mass is 10.2. The van der Waals surface area contributed by atoms with E-state index in [1.54, 1.807) is 0 Å². The zero-order chi connectivity index (χ0) is 11.7. The van der Waals surface area contributed by atoms with Crippen LogP contribution in [0.5, 0.6) is 0 Å². The van der Waals surface area contributed by atoms with Gasteiger partial charge in [-0.2, -0.15) is 0 Å². The third-order valence-corrected chi connectivity index (χ3v) is 3.49. The average molecular weight is 271 g/mol. The van der Waals surface area contributed by atoms with Crippen molar-refractivity contribution >= 4 is 16.5 Å². The Morgan fingerprint density at radius 3 is 2.65 bits per heavy atom. The second-order valence-corrected chi connectivity index (χ2v) is 4.90. The highest BCUT2D eigenvalue weighted by Crippen LogP contribution is 2.28. The molecule has 5 heteroatoms. The Morgan fingerprint density at radius 2 is 2.12 bits per heavy atom. The van der Waals surface area contributed by atoms with Gasteiger partial charge in [-0.15, -0.1) is 11.3 Å². The van der Waals surface area contributed by atoms with Crippen LogP contribution in [-0.4, -0.2) is 9.55 Å². The minimum absolute atomic E-state index is 0. The molecule has 0 amide bonds. The van der Waals surface area contributed by atoms with Crippen molar-refractivity contribution < 1.29 is 12.4 Å². The van der Waals surface area contributed by atoms with E-state index in [0.717, 1.165) is 18.7 Å². The van der Waals surface area contributed by atoms with E-state index in [1.165, 1.54) is 28.3 Å². The van der Waals surface area contributed by atoms with Gasteiger partial charge in [0.2, 0.25) is 0 Å². The highest BCUT2D eigenvalue weighted by atomic mass is 35.5. The minimum atomic E-state index is 0. The fourth-order valence-electron chi connectivity index (χ4n) is 2.04. The number of thiazole rings is 1. The molecule has 0 radical (unpaired) electrons. The summed E-state index contributed by atoms with van der Waals surface area (Å²) in [6.45, 7) is 7.55. The molecule has 0 aliphatic carbocycles. The number of nitrogens with two attached hydrogens (primary N) is 1. The molecular formula is C12H17ClN3S-. The van der Waals surface area contributed by atoms with Crippen LogP contribution in [0.3, 0.4) is 0 Å². The lowest BCUT2D eigenvalue weighted by Crippen LogP contribution is -3.00. The van der Waals surface area contributed by atoms with Crippen LogP contribution in [-0.2, 0) is 6.54 Å². The molecule has 2 rings (SSSR count). The monoisotopic (exact) mass is 270 g/mol. The SMILES string of the molecule is CCCn1c(C)cc(-c2csc(N)n2)c1C.[Cl-]. The van der Waals surface area contributed by atoms with Crippen molar-refractivity contribution in [2.75, 3.05) is 5.73 Å². The lowest BCUT2D eigenvalue weighted by molar-refractivity contribution is -0.00000355. The smallest absolute Gasteiger partial charge is 0.180 e. The maximum atomic E-state index is 5.67. The van der Waals surface area contributed by atoms with Gasteiger partial charge in [-0.05, 0) is 26.3 Å². The molecular weight excluding hydrogens is 254 g/mol. The van der Waals surface area contributed by atoms with Crippen molar-refractivity contribution in [3.8, 4) is 11.3 Å². The van der Waals surface area contributed by atoms with E-state index < -0.39 is 0 Å². The van der Waals surface area contributed by atoms with E-state index in [-0.39, 0.29) is 12.4 Å². The molecule has 2 heterocycles. The quantitative estimate of drug-likeness (QED) is 0.868. The van der Waals surface area contributed by atoms with E-state index in [4.69, 9.17) is 5.73 Å². The fraction of sp³-hybridized carbons (Fsp3) is 0.417. The van der Waals surface area contributed by atoms with Gasteiger partial charge in [-0.25, -0.2) is 4.98 Å². The molecule has 2 aromatic rings. The predicted molar refractivity (Wildman–Crippen MR) is 69.7 cm³/mol. The predicted octanol–water partition coefficient (Wildman–Crippen LogP) is 0.225. The van der Waals surface area contributed by atoms with Crippen molar-refractivity contribution in [3.05, 3.63) is 22.8 Å². The minimum Gasteiger partial charge on any atom is -1.00 e. The zero-order valence-corrected chi connectivity index (χ0v) is 11.9. The molecule has 0 saturated carbocycles. The maximum Gasteiger partial charge on any atom is 0.180 e. The Hall–Kier alpha value is -1.00. The maximum absolute atomic E-state index is 5.67. The van der Waals surface area contributed by atoms with Gasteiger partial charge in [0.1, 0.15) is 0 Å². The molecule has 2 N–H and O–H groups in total. The highest BCUT2D eigenvalue weighted by molar-refractivity contribution is 7.13. The molecule has 0 fully saturated rings. The molecule has 0 saturated heterocycles. The van der Waals surface area contributed by atoms with Crippen LogP contribution in [0.25, 0.3) is 11.3 Å². The summed E-state index contributed by atoms with van der Waals surface area (Å²) >= 11 is 1.49. The van der Waals surface area contributed by atoms with Gasteiger partial charge in [0.25, 0.3) is 0 Å². The second-order valence-electron chi connectivity index (χ2n) is 4.01. The summed E-state index contributed by atoms with van der Waals surface area (Å²) in [4.78, 5) is 4.34. The Kier molecular flexibility index (Phi) is 4.60. The van der Waals surface area contributed by atoms with Crippen molar-refractivity contribution in [3.63, 3.8) is 0 Å². The normalized spacial score (nSPS) is 10.3. The Bertz CT molecular complexity index is 502. The van der Waals surface area contributed by atoms with Gasteiger partial charge in [0.15, 0.2) is 5.13 Å². The summed E-state index contributed by atoms with van der Waals surface area (Å²) in [7, 11) is 0. The first kappa shape index (κ1) is 14.1. The molecule has 94 valence electrons. The number of hydrogen-bond acceptors (Lipinski definition) is 3. The van der Waals surface area contributed by atoms with E-state index in [9.17, 15) is 0 Å². The number of hydrogen-bond donors (Lipinski definition) is 1. The first-order chi connectivity index (χ1) is 7.63. The largest absolute Gasteiger partial charge is 1.00 e. The van der Waals surface area contributed by atoms with Gasteiger partial charge < -0.3 is 22.7 Å². The van der Waals surface area contributed by atoms with Crippen LogP contribution < -0.4 is 18.1 Å². The molecule has 0 aliphatic rings. The number of rotatable bonds is 3. The number of nitrogens with zero attached hydrogens (tertiary/aromatic N) is 2. The molecule has 0 spiro atoms. The Morgan fingerprint density at radius 1 is 1.41 bits per heavy atom. The molecule has 0 aliphatic heterocycles. The van der Waals surface area contributed by atoms with Crippen LogP contribution in [0.4, 0.5) is 5.13 Å². The van der Waals surface area contributed by atoms with Crippen LogP contribution in [0, 0.1) is 13.8 Å². The third kappa shape index (κ3) is 2.64. The van der Waals surface area contributed by atoms with E-state index in [2.05, 4.69) is 36.4 Å². The first-order valence-electron chi connectivity index (χ1n) is 5.51. The van der Waals surface area contributed by atoms with Gasteiger partial charge >= 0.3 is 0 Å². The first-order valence-corrected chi connectivity index (χ1v) is 6.39. The number of halogens is 1. The fourth-order valence-corrected chi connectivity index (χ4v) is 2.60. The molecule has 3 nitrogen and oxygen atoms in total. The lowest BCUT2D eigenvalue weighted by Gasteiger charge is -2.07. The summed E-state index contributed by atoms with van der Waals surface area (Å²) in [6.07, 6.45) is 1.15. The molecule has 0 aromatic carbocycles. The molecule has 0 bridgehead atoms. The van der Waals surface area contributed by atoms with E-state index >= 15 is 0 Å². The summed E-state index contributed by atoms with van der Waals surface area (Å²) < 4.78 is 2.34. The summed E-state index contributed by atoms with van der Waals surface area (Å²) in [5.74, 6) is 0. The molecule has 0 atom stereocenters. The Balaban J connectivity index is 0.00000144. The number of anilines is 1. The number of aryl methyl sites for hydroxylation is 1. The molecule has 0 unspecified atom stereocenters. The molecule has 17 heavy (non-hydrogen) atoms. The average Bonchev–Trinajstić information content (AvgIpc) is 2.77. The summed E-state index contributed by atoms with van der Waals surface area (Å²) in [5, 5.41) is 2.66. The summed E-state index contributed by atoms with van der Waals surface area (Å²) in [5.41, 5.74) is 10.5. The second kappa shape index (κ2) is 5.56. The van der Waals surface area contributed by atoms with Crippen molar-refractivity contribution in [1.82, 2.24) is 9.55 Å². The standard InChI is InChI=1S/C12H17N3S.ClH/c1-4-5-15-8(2)6-10(9(15)3)11-7-16-12(13)14-11;/h6-7H,4-5H2,1-3H3,(H2,13,14);1H/p-1. The van der Waals surface area contributed by atoms with Crippen molar-refractivity contribution in [2.24, 2.45) is 0 Å². The van der Waals surface area contributed by atoms with Gasteiger partial charge in [0, 0.05) is 28.9 Å². The van der Waals surface area contributed by atoms with E-state index in [0.29, 0.717) is 5.13 Å².